The molecule has 86 valence electrons. The van der Waals surface area contributed by atoms with Gasteiger partial charge in [-0.25, -0.2) is 4.39 Å². The highest BCUT2D eigenvalue weighted by Crippen LogP contribution is 2.30. The molecular weight excluding hydrogens is 213 g/mol. The fourth-order valence-corrected chi connectivity index (χ4v) is 1.80. The summed E-state index contributed by atoms with van der Waals surface area (Å²) in [6.45, 7) is 0.406. The third-order valence-electron chi connectivity index (χ3n) is 2.70. The second-order valence-corrected chi connectivity index (χ2v) is 3.83. The highest BCUT2D eigenvalue weighted by atomic mass is 19.1. The van der Waals surface area contributed by atoms with E-state index in [9.17, 15) is 14.5 Å². The SMILES string of the molecule is O=[N+]([O-])c1ccc([C@@H]2C[C@H](F)CCO2)cc1. The van der Waals surface area contributed by atoms with Crippen molar-refractivity contribution in [1.82, 2.24) is 0 Å². The number of benzene rings is 1. The molecule has 0 radical (unpaired) electrons. The lowest BCUT2D eigenvalue weighted by Gasteiger charge is -2.25. The first-order valence-electron chi connectivity index (χ1n) is 5.17. The molecule has 0 unspecified atom stereocenters. The molecule has 0 bridgehead atoms. The van der Waals surface area contributed by atoms with Gasteiger partial charge in [-0.3, -0.25) is 10.1 Å². The second-order valence-electron chi connectivity index (χ2n) is 3.83. The van der Waals surface area contributed by atoms with Crippen LogP contribution in [0, 0.1) is 10.1 Å². The molecule has 2 rings (SSSR count). The summed E-state index contributed by atoms with van der Waals surface area (Å²) in [7, 11) is 0. The van der Waals surface area contributed by atoms with Crippen LogP contribution in [0.1, 0.15) is 24.5 Å². The first-order chi connectivity index (χ1) is 7.66. The predicted molar refractivity (Wildman–Crippen MR) is 55.9 cm³/mol. The lowest BCUT2D eigenvalue weighted by molar-refractivity contribution is -0.384. The number of nitro groups is 1. The maximum atomic E-state index is 13.1. The topological polar surface area (TPSA) is 52.4 Å². The van der Waals surface area contributed by atoms with Crippen molar-refractivity contribution in [1.29, 1.82) is 0 Å². The first kappa shape index (κ1) is 11.0. The smallest absolute Gasteiger partial charge is 0.269 e. The van der Waals surface area contributed by atoms with Crippen LogP contribution in [0.25, 0.3) is 0 Å². The maximum absolute atomic E-state index is 13.1. The number of halogens is 1. The summed E-state index contributed by atoms with van der Waals surface area (Å²) < 4.78 is 18.6. The van der Waals surface area contributed by atoms with E-state index in [0.29, 0.717) is 19.4 Å². The molecule has 0 aromatic heterocycles. The molecule has 1 fully saturated rings. The lowest BCUT2D eigenvalue weighted by Crippen LogP contribution is -2.20. The van der Waals surface area contributed by atoms with E-state index >= 15 is 0 Å². The van der Waals surface area contributed by atoms with Crippen LogP contribution in [0.4, 0.5) is 10.1 Å². The van der Waals surface area contributed by atoms with Crippen molar-refractivity contribution < 1.29 is 14.1 Å². The van der Waals surface area contributed by atoms with E-state index in [1.165, 1.54) is 12.1 Å². The molecule has 5 heteroatoms. The van der Waals surface area contributed by atoms with E-state index in [4.69, 9.17) is 4.74 Å². The summed E-state index contributed by atoms with van der Waals surface area (Å²) in [5.74, 6) is 0. The monoisotopic (exact) mass is 225 g/mol. The molecular formula is C11H12FNO3. The molecule has 2 atom stereocenters. The maximum Gasteiger partial charge on any atom is 0.269 e. The van der Waals surface area contributed by atoms with Crippen LogP contribution in [0.5, 0.6) is 0 Å². The Morgan fingerprint density at radius 2 is 2.06 bits per heavy atom. The molecule has 1 aliphatic heterocycles. The van der Waals surface area contributed by atoms with Gasteiger partial charge >= 0.3 is 0 Å². The number of hydrogen-bond acceptors (Lipinski definition) is 3. The summed E-state index contributed by atoms with van der Waals surface area (Å²) in [4.78, 5) is 10.00. The van der Waals surface area contributed by atoms with Crippen LogP contribution >= 0.6 is 0 Å². The third kappa shape index (κ3) is 2.36. The Balaban J connectivity index is 2.11. The third-order valence-corrected chi connectivity index (χ3v) is 2.70. The van der Waals surface area contributed by atoms with Gasteiger partial charge in [0, 0.05) is 25.0 Å². The minimum Gasteiger partial charge on any atom is -0.373 e. The van der Waals surface area contributed by atoms with Gasteiger partial charge in [0.05, 0.1) is 17.6 Å². The molecule has 1 saturated heterocycles. The molecule has 0 saturated carbocycles. The van der Waals surface area contributed by atoms with E-state index in [1.807, 2.05) is 0 Å². The van der Waals surface area contributed by atoms with Crippen molar-refractivity contribution >= 4 is 5.69 Å². The normalized spacial score (nSPS) is 25.3. The number of ether oxygens (including phenoxy) is 1. The summed E-state index contributed by atoms with van der Waals surface area (Å²) >= 11 is 0. The van der Waals surface area contributed by atoms with Crippen LogP contribution in [0.2, 0.25) is 0 Å². The zero-order valence-corrected chi connectivity index (χ0v) is 8.64. The lowest BCUT2D eigenvalue weighted by atomic mass is 10.00. The molecule has 1 aliphatic rings. The van der Waals surface area contributed by atoms with Crippen molar-refractivity contribution in [2.45, 2.75) is 25.1 Å². The van der Waals surface area contributed by atoms with Crippen LogP contribution in [-0.2, 0) is 4.74 Å². The average molecular weight is 225 g/mol. The zero-order valence-electron chi connectivity index (χ0n) is 8.64. The van der Waals surface area contributed by atoms with E-state index in [0.717, 1.165) is 5.56 Å². The minimum absolute atomic E-state index is 0.0383. The van der Waals surface area contributed by atoms with Gasteiger partial charge in [0.1, 0.15) is 6.17 Å². The van der Waals surface area contributed by atoms with Crippen molar-refractivity contribution in [3.63, 3.8) is 0 Å². The van der Waals surface area contributed by atoms with Crippen molar-refractivity contribution in [2.75, 3.05) is 6.61 Å². The molecule has 16 heavy (non-hydrogen) atoms. The second kappa shape index (κ2) is 4.57. The fourth-order valence-electron chi connectivity index (χ4n) is 1.80. The van der Waals surface area contributed by atoms with E-state index < -0.39 is 11.1 Å². The van der Waals surface area contributed by atoms with Gasteiger partial charge < -0.3 is 4.74 Å². The molecule has 0 spiro atoms. The fraction of sp³-hybridized carbons (Fsp3) is 0.455. The molecule has 0 aliphatic carbocycles. The zero-order chi connectivity index (χ0) is 11.5. The summed E-state index contributed by atoms with van der Waals surface area (Å²) in [6, 6.07) is 6.09. The van der Waals surface area contributed by atoms with Crippen LogP contribution < -0.4 is 0 Å². The largest absolute Gasteiger partial charge is 0.373 e. The number of hydrogen-bond donors (Lipinski definition) is 0. The molecule has 0 N–H and O–H groups in total. The summed E-state index contributed by atoms with van der Waals surface area (Å²) in [5.41, 5.74) is 0.837. The minimum atomic E-state index is -0.839. The van der Waals surface area contributed by atoms with Gasteiger partial charge in [0.2, 0.25) is 0 Å². The van der Waals surface area contributed by atoms with Gasteiger partial charge in [-0.15, -0.1) is 0 Å². The Bertz CT molecular complexity index is 379. The molecule has 1 aromatic rings. The Labute approximate surface area is 92.2 Å². The van der Waals surface area contributed by atoms with E-state index in [1.54, 1.807) is 12.1 Å². The van der Waals surface area contributed by atoms with Gasteiger partial charge in [0.25, 0.3) is 5.69 Å². The number of rotatable bonds is 2. The Morgan fingerprint density at radius 1 is 1.38 bits per heavy atom. The van der Waals surface area contributed by atoms with Crippen LogP contribution in [0.15, 0.2) is 24.3 Å². The highest BCUT2D eigenvalue weighted by Gasteiger charge is 2.23. The number of non-ortho nitro benzene ring substituents is 1. The Morgan fingerprint density at radius 3 is 2.62 bits per heavy atom. The van der Waals surface area contributed by atoms with Crippen LogP contribution in [-0.4, -0.2) is 17.7 Å². The van der Waals surface area contributed by atoms with Crippen LogP contribution in [0.3, 0.4) is 0 Å². The molecule has 4 nitrogen and oxygen atoms in total. The predicted octanol–water partition coefficient (Wildman–Crippen LogP) is 2.78. The Kier molecular flexibility index (Phi) is 3.14. The summed E-state index contributed by atoms with van der Waals surface area (Å²) in [6.07, 6.45) is -0.347. The van der Waals surface area contributed by atoms with Crippen molar-refractivity contribution in [3.8, 4) is 0 Å². The standard InChI is InChI=1S/C11H12FNO3/c12-9-5-6-16-11(7-9)8-1-3-10(4-2-8)13(14)15/h1-4,9,11H,5-7H2/t9-,11+/m1/s1. The Hall–Kier alpha value is -1.49. The first-order valence-corrected chi connectivity index (χ1v) is 5.17. The molecule has 1 aromatic carbocycles. The summed E-state index contributed by atoms with van der Waals surface area (Å²) in [5, 5.41) is 10.5. The van der Waals surface area contributed by atoms with Gasteiger partial charge in [-0.05, 0) is 17.7 Å². The number of nitro benzene ring substituents is 1. The highest BCUT2D eigenvalue weighted by molar-refractivity contribution is 5.33. The average Bonchev–Trinajstić information content (AvgIpc) is 2.29. The molecule has 0 amide bonds. The van der Waals surface area contributed by atoms with E-state index in [2.05, 4.69) is 0 Å². The number of nitrogens with zero attached hydrogens (tertiary/aromatic N) is 1. The quantitative estimate of drug-likeness (QED) is 0.574. The van der Waals surface area contributed by atoms with Crippen molar-refractivity contribution in [3.05, 3.63) is 39.9 Å². The van der Waals surface area contributed by atoms with Gasteiger partial charge in [0.15, 0.2) is 0 Å². The van der Waals surface area contributed by atoms with Gasteiger partial charge in [-0.1, -0.05) is 0 Å². The molecule has 1 heterocycles. The number of alkyl halides is 1. The van der Waals surface area contributed by atoms with E-state index in [-0.39, 0.29) is 11.8 Å². The van der Waals surface area contributed by atoms with Crippen molar-refractivity contribution in [2.24, 2.45) is 0 Å². The van der Waals surface area contributed by atoms with Gasteiger partial charge in [-0.2, -0.15) is 0 Å².